The Morgan fingerprint density at radius 3 is 2.95 bits per heavy atom. The molecular weight excluding hydrogens is 328 g/mol. The average molecular weight is 340 g/mol. The van der Waals surface area contributed by atoms with E-state index >= 15 is 0 Å². The van der Waals surface area contributed by atoms with Crippen LogP contribution >= 0.6 is 27.5 Å². The number of aromatic nitrogens is 2. The van der Waals surface area contributed by atoms with E-state index in [-0.39, 0.29) is 10.7 Å². The normalized spacial score (nSPS) is 13.6. The largest absolute Gasteiger partial charge is 0.294 e. The van der Waals surface area contributed by atoms with Crippen molar-refractivity contribution in [1.29, 1.82) is 0 Å². The zero-order chi connectivity index (χ0) is 13.4. The van der Waals surface area contributed by atoms with Crippen molar-refractivity contribution in [3.05, 3.63) is 61.2 Å². The lowest BCUT2D eigenvalue weighted by Crippen LogP contribution is -2.22. The van der Waals surface area contributed by atoms with E-state index in [2.05, 4.69) is 39.1 Å². The molecule has 0 atom stereocenters. The SMILES string of the molecule is O=c1c(Br)c(Cl)ncn1Cc1ccc2c(c1)CCC2. The van der Waals surface area contributed by atoms with Crippen molar-refractivity contribution in [3.63, 3.8) is 0 Å². The summed E-state index contributed by atoms with van der Waals surface area (Å²) in [5.41, 5.74) is 3.82. The number of aryl methyl sites for hydroxylation is 2. The van der Waals surface area contributed by atoms with Crippen LogP contribution in [0.15, 0.2) is 33.8 Å². The van der Waals surface area contributed by atoms with Crippen molar-refractivity contribution in [2.75, 3.05) is 0 Å². The standard InChI is InChI=1S/C14H12BrClN2O/c15-12-13(16)17-8-18(14(12)19)7-9-4-5-10-2-1-3-11(10)6-9/h4-6,8H,1-3,7H2. The molecule has 0 saturated heterocycles. The molecule has 1 aromatic carbocycles. The van der Waals surface area contributed by atoms with Crippen molar-refractivity contribution in [1.82, 2.24) is 9.55 Å². The van der Waals surface area contributed by atoms with E-state index in [1.807, 2.05) is 0 Å². The Morgan fingerprint density at radius 1 is 1.32 bits per heavy atom. The van der Waals surface area contributed by atoms with Gasteiger partial charge in [-0.2, -0.15) is 0 Å². The van der Waals surface area contributed by atoms with Crippen LogP contribution in [0.3, 0.4) is 0 Å². The number of rotatable bonds is 2. The molecule has 0 aliphatic heterocycles. The van der Waals surface area contributed by atoms with E-state index in [1.54, 1.807) is 4.57 Å². The third-order valence-electron chi connectivity index (χ3n) is 3.46. The van der Waals surface area contributed by atoms with Crippen LogP contribution in [0.5, 0.6) is 0 Å². The molecule has 0 spiro atoms. The summed E-state index contributed by atoms with van der Waals surface area (Å²) in [5.74, 6) is 0. The van der Waals surface area contributed by atoms with E-state index in [1.165, 1.54) is 30.3 Å². The molecule has 3 rings (SSSR count). The van der Waals surface area contributed by atoms with Gasteiger partial charge in [0.1, 0.15) is 4.47 Å². The molecule has 0 unspecified atom stereocenters. The van der Waals surface area contributed by atoms with Crippen molar-refractivity contribution < 1.29 is 0 Å². The fraction of sp³-hybridized carbons (Fsp3) is 0.286. The van der Waals surface area contributed by atoms with Crippen molar-refractivity contribution in [2.24, 2.45) is 0 Å². The Balaban J connectivity index is 1.94. The highest BCUT2D eigenvalue weighted by atomic mass is 79.9. The molecule has 0 N–H and O–H groups in total. The van der Waals surface area contributed by atoms with Crippen LogP contribution in [-0.4, -0.2) is 9.55 Å². The van der Waals surface area contributed by atoms with Gasteiger partial charge in [-0.05, 0) is 51.9 Å². The van der Waals surface area contributed by atoms with Crippen LogP contribution in [0.1, 0.15) is 23.1 Å². The Bertz CT molecular complexity index is 696. The highest BCUT2D eigenvalue weighted by molar-refractivity contribution is 9.10. The zero-order valence-corrected chi connectivity index (χ0v) is 12.5. The van der Waals surface area contributed by atoms with Gasteiger partial charge >= 0.3 is 0 Å². The second-order valence-electron chi connectivity index (χ2n) is 4.74. The predicted molar refractivity (Wildman–Crippen MR) is 78.8 cm³/mol. The predicted octanol–water partition coefficient (Wildman–Crippen LogP) is 3.20. The van der Waals surface area contributed by atoms with Gasteiger partial charge < -0.3 is 0 Å². The van der Waals surface area contributed by atoms with Crippen LogP contribution in [0, 0.1) is 0 Å². The zero-order valence-electron chi connectivity index (χ0n) is 10.2. The minimum Gasteiger partial charge on any atom is -0.294 e. The summed E-state index contributed by atoms with van der Waals surface area (Å²) in [7, 11) is 0. The van der Waals surface area contributed by atoms with Gasteiger partial charge in [0.15, 0.2) is 5.15 Å². The monoisotopic (exact) mass is 338 g/mol. The van der Waals surface area contributed by atoms with Crippen LogP contribution < -0.4 is 5.56 Å². The van der Waals surface area contributed by atoms with Gasteiger partial charge in [-0.15, -0.1) is 0 Å². The molecule has 98 valence electrons. The summed E-state index contributed by atoms with van der Waals surface area (Å²) in [6, 6.07) is 6.44. The Labute approximate surface area is 124 Å². The summed E-state index contributed by atoms with van der Waals surface area (Å²) >= 11 is 8.96. The molecule has 1 aliphatic carbocycles. The molecule has 0 radical (unpaired) electrons. The first-order valence-electron chi connectivity index (χ1n) is 6.16. The van der Waals surface area contributed by atoms with Gasteiger partial charge in [0, 0.05) is 0 Å². The van der Waals surface area contributed by atoms with Crippen molar-refractivity contribution >= 4 is 27.5 Å². The van der Waals surface area contributed by atoms with E-state index in [9.17, 15) is 4.79 Å². The number of benzene rings is 1. The summed E-state index contributed by atoms with van der Waals surface area (Å²) in [6.45, 7) is 0.523. The summed E-state index contributed by atoms with van der Waals surface area (Å²) in [6.07, 6.45) is 5.03. The maximum atomic E-state index is 12.0. The van der Waals surface area contributed by atoms with Crippen LogP contribution in [0.2, 0.25) is 5.15 Å². The maximum Gasteiger partial charge on any atom is 0.269 e. The lowest BCUT2D eigenvalue weighted by atomic mass is 10.1. The molecule has 0 fully saturated rings. The topological polar surface area (TPSA) is 34.9 Å². The molecule has 0 saturated carbocycles. The smallest absolute Gasteiger partial charge is 0.269 e. The number of hydrogen-bond donors (Lipinski definition) is 0. The first-order chi connectivity index (χ1) is 9.15. The second-order valence-corrected chi connectivity index (χ2v) is 5.89. The molecule has 5 heteroatoms. The minimum absolute atomic E-state index is 0.152. The van der Waals surface area contributed by atoms with Crippen LogP contribution in [-0.2, 0) is 19.4 Å². The third kappa shape index (κ3) is 2.47. The lowest BCUT2D eigenvalue weighted by molar-refractivity contribution is 0.730. The van der Waals surface area contributed by atoms with Crippen LogP contribution in [0.4, 0.5) is 0 Å². The van der Waals surface area contributed by atoms with E-state index < -0.39 is 0 Å². The molecule has 1 aliphatic rings. The van der Waals surface area contributed by atoms with Gasteiger partial charge in [0.05, 0.1) is 12.9 Å². The average Bonchev–Trinajstić information content (AvgIpc) is 2.87. The number of halogens is 2. The molecular formula is C14H12BrClN2O. The van der Waals surface area contributed by atoms with Crippen LogP contribution in [0.25, 0.3) is 0 Å². The fourth-order valence-corrected chi connectivity index (χ4v) is 2.93. The number of fused-ring (bicyclic) bond motifs is 1. The molecule has 0 bridgehead atoms. The van der Waals surface area contributed by atoms with E-state index in [0.29, 0.717) is 11.0 Å². The summed E-state index contributed by atoms with van der Waals surface area (Å²) in [4.78, 5) is 16.0. The van der Waals surface area contributed by atoms with Gasteiger partial charge in [-0.25, -0.2) is 4.98 Å². The Morgan fingerprint density at radius 2 is 2.11 bits per heavy atom. The third-order valence-corrected chi connectivity index (χ3v) is 4.69. The molecule has 1 aromatic heterocycles. The lowest BCUT2D eigenvalue weighted by Gasteiger charge is -2.08. The molecule has 2 aromatic rings. The maximum absolute atomic E-state index is 12.0. The van der Waals surface area contributed by atoms with Crippen molar-refractivity contribution in [3.8, 4) is 0 Å². The first kappa shape index (κ1) is 12.9. The molecule has 0 amide bonds. The number of nitrogens with zero attached hydrogens (tertiary/aromatic N) is 2. The molecule has 3 nitrogen and oxygen atoms in total. The van der Waals surface area contributed by atoms with Gasteiger partial charge in [0.2, 0.25) is 0 Å². The second kappa shape index (κ2) is 5.10. The van der Waals surface area contributed by atoms with Crippen molar-refractivity contribution in [2.45, 2.75) is 25.8 Å². The summed E-state index contributed by atoms with van der Waals surface area (Å²) < 4.78 is 1.88. The highest BCUT2D eigenvalue weighted by Gasteiger charge is 2.12. The Kier molecular flexibility index (Phi) is 3.46. The highest BCUT2D eigenvalue weighted by Crippen LogP contribution is 2.23. The number of hydrogen-bond acceptors (Lipinski definition) is 2. The molecule has 19 heavy (non-hydrogen) atoms. The molecule has 1 heterocycles. The quantitative estimate of drug-likeness (QED) is 0.788. The van der Waals surface area contributed by atoms with Gasteiger partial charge in [-0.3, -0.25) is 9.36 Å². The van der Waals surface area contributed by atoms with Gasteiger partial charge in [-0.1, -0.05) is 29.8 Å². The minimum atomic E-state index is -0.152. The first-order valence-corrected chi connectivity index (χ1v) is 7.33. The van der Waals surface area contributed by atoms with E-state index in [0.717, 1.165) is 12.0 Å². The van der Waals surface area contributed by atoms with Gasteiger partial charge in [0.25, 0.3) is 5.56 Å². The Hall–Kier alpha value is -1.13. The summed E-state index contributed by atoms with van der Waals surface area (Å²) in [5, 5.41) is 0.204. The van der Waals surface area contributed by atoms with E-state index in [4.69, 9.17) is 11.6 Å². The fourth-order valence-electron chi connectivity index (χ4n) is 2.48.